The van der Waals surface area contributed by atoms with Crippen LogP contribution in [-0.2, 0) is 42.6 Å². The lowest BCUT2D eigenvalue weighted by molar-refractivity contribution is -0.328. The number of ether oxygens (including phenoxy) is 4. The predicted octanol–water partition coefficient (Wildman–Crippen LogP) is 6.27. The number of fused-ring (bicyclic) bond motifs is 5. The summed E-state index contributed by atoms with van der Waals surface area (Å²) >= 11 is 0. The second kappa shape index (κ2) is 12.8. The molecule has 2 unspecified atom stereocenters. The highest BCUT2D eigenvalue weighted by atomic mass is 28.4. The minimum Gasteiger partial charge on any atom is -0.454 e. The fourth-order valence-electron chi connectivity index (χ4n) is 9.15. The third-order valence-electron chi connectivity index (χ3n) is 13.2. The largest absolute Gasteiger partial charge is 0.454 e. The topological polar surface area (TPSA) is 132 Å². The zero-order valence-corrected chi connectivity index (χ0v) is 32.6. The molecule has 2 bridgehead atoms. The standard InChI is InChI=1S/C39H54O10Si/c1-21(2)37(8,9)50(11,12)49-28-19-29-39(20-45-29,48-24(5)41)33-31(47-35(44)25-16-14-13-15-17-25)26-18-27(42)22(3)30(36(26,6)7)32(46-23(4)40)34(43)38(28,33)10/h13-18,21-22,28-33H,19-20H2,1-12H3/t22?,28-,29+,30?,31+,32+,33-,38+,39-/m0/s1. The Morgan fingerprint density at radius 2 is 1.58 bits per heavy atom. The Kier molecular flexibility index (Phi) is 9.76. The van der Waals surface area contributed by atoms with Gasteiger partial charge in [-0.05, 0) is 60.2 Å². The number of allylic oxidation sites excluding steroid dienone is 1. The maximum atomic E-state index is 15.7. The van der Waals surface area contributed by atoms with Crippen molar-refractivity contribution in [3.63, 3.8) is 0 Å². The van der Waals surface area contributed by atoms with Crippen molar-refractivity contribution in [2.75, 3.05) is 6.61 Å². The van der Waals surface area contributed by atoms with Gasteiger partial charge in [0.15, 0.2) is 31.6 Å². The Bertz CT molecular complexity index is 1590. The summed E-state index contributed by atoms with van der Waals surface area (Å²) in [4.78, 5) is 69.5. The number of Topliss-reactive ketones (excluding diaryl/α,β-unsaturated/α-hetero) is 1. The minimum atomic E-state index is -2.69. The van der Waals surface area contributed by atoms with Gasteiger partial charge in [-0.15, -0.1) is 0 Å². The van der Waals surface area contributed by atoms with Crippen LogP contribution in [0.15, 0.2) is 42.0 Å². The number of hydrogen-bond donors (Lipinski definition) is 0. The summed E-state index contributed by atoms with van der Waals surface area (Å²) in [5.74, 6) is -4.97. The Morgan fingerprint density at radius 3 is 2.10 bits per heavy atom. The highest BCUT2D eigenvalue weighted by Gasteiger charge is 2.76. The highest BCUT2D eigenvalue weighted by molar-refractivity contribution is 6.74. The minimum absolute atomic E-state index is 0.0606. The van der Waals surface area contributed by atoms with Crippen LogP contribution in [0.3, 0.4) is 0 Å². The number of benzene rings is 1. The molecule has 1 saturated heterocycles. The van der Waals surface area contributed by atoms with Gasteiger partial charge in [-0.3, -0.25) is 19.2 Å². The Morgan fingerprint density at radius 1 is 0.960 bits per heavy atom. The molecule has 3 aliphatic carbocycles. The smallest absolute Gasteiger partial charge is 0.338 e. The number of carbonyl (C=O) groups excluding carboxylic acids is 5. The molecule has 11 heteroatoms. The monoisotopic (exact) mass is 710 g/mol. The van der Waals surface area contributed by atoms with Crippen molar-refractivity contribution in [2.24, 2.45) is 34.5 Å². The van der Waals surface area contributed by atoms with E-state index in [0.29, 0.717) is 5.57 Å². The van der Waals surface area contributed by atoms with Crippen molar-refractivity contribution in [1.29, 1.82) is 0 Å². The lowest BCUT2D eigenvalue weighted by atomic mass is 9.46. The number of rotatable bonds is 8. The van der Waals surface area contributed by atoms with Crippen LogP contribution in [-0.4, -0.2) is 74.4 Å². The van der Waals surface area contributed by atoms with Crippen molar-refractivity contribution >= 4 is 37.8 Å². The molecule has 1 heterocycles. The van der Waals surface area contributed by atoms with Crippen molar-refractivity contribution in [3.05, 3.63) is 47.5 Å². The van der Waals surface area contributed by atoms with E-state index >= 15 is 4.79 Å². The van der Waals surface area contributed by atoms with Crippen LogP contribution in [0.4, 0.5) is 0 Å². The highest BCUT2D eigenvalue weighted by Crippen LogP contribution is 2.64. The van der Waals surface area contributed by atoms with E-state index in [-0.39, 0.29) is 35.3 Å². The van der Waals surface area contributed by atoms with Gasteiger partial charge in [0, 0.05) is 32.1 Å². The van der Waals surface area contributed by atoms with Crippen molar-refractivity contribution in [2.45, 2.75) is 124 Å². The lowest BCUT2D eigenvalue weighted by Crippen LogP contribution is -2.80. The Balaban J connectivity index is 1.85. The molecule has 274 valence electrons. The summed E-state index contributed by atoms with van der Waals surface area (Å²) in [6, 6.07) is 8.50. The van der Waals surface area contributed by atoms with E-state index in [2.05, 4.69) is 40.8 Å². The van der Waals surface area contributed by atoms with E-state index in [4.69, 9.17) is 23.4 Å². The maximum absolute atomic E-state index is 15.7. The number of hydrogen-bond acceptors (Lipinski definition) is 10. The summed E-state index contributed by atoms with van der Waals surface area (Å²) in [6.07, 6.45) is -2.33. The lowest BCUT2D eigenvalue weighted by Gasteiger charge is -2.66. The second-order valence-corrected chi connectivity index (χ2v) is 21.5. The first-order valence-corrected chi connectivity index (χ1v) is 20.7. The van der Waals surface area contributed by atoms with Gasteiger partial charge in [0.25, 0.3) is 0 Å². The Labute approximate surface area is 297 Å². The zero-order chi connectivity index (χ0) is 37.4. The van der Waals surface area contributed by atoms with Crippen molar-refractivity contribution < 1.29 is 47.3 Å². The molecule has 0 amide bonds. The summed E-state index contributed by atoms with van der Waals surface area (Å²) < 4.78 is 32.3. The molecule has 1 aliphatic heterocycles. The second-order valence-electron chi connectivity index (χ2n) is 17.0. The van der Waals surface area contributed by atoms with E-state index in [0.717, 1.165) is 0 Å². The van der Waals surface area contributed by atoms with Gasteiger partial charge in [-0.25, -0.2) is 4.79 Å². The van der Waals surface area contributed by atoms with E-state index in [1.807, 2.05) is 13.8 Å². The summed E-state index contributed by atoms with van der Waals surface area (Å²) in [6.45, 7) is 22.7. The van der Waals surface area contributed by atoms with Crippen LogP contribution in [0.2, 0.25) is 18.1 Å². The molecule has 0 radical (unpaired) electrons. The van der Waals surface area contributed by atoms with Gasteiger partial charge >= 0.3 is 17.9 Å². The normalized spacial score (nSPS) is 35.0. The van der Waals surface area contributed by atoms with Gasteiger partial charge in [-0.1, -0.05) is 66.7 Å². The van der Waals surface area contributed by atoms with E-state index < -0.39 is 90.6 Å². The molecule has 5 rings (SSSR count). The van der Waals surface area contributed by atoms with Crippen LogP contribution in [0.1, 0.15) is 86.0 Å². The zero-order valence-electron chi connectivity index (χ0n) is 31.6. The average molecular weight is 711 g/mol. The van der Waals surface area contributed by atoms with Gasteiger partial charge in [0.05, 0.1) is 29.6 Å². The quantitative estimate of drug-likeness (QED) is 0.173. The molecule has 0 N–H and O–H groups in total. The molecule has 3 fully saturated rings. The number of ketones is 2. The van der Waals surface area contributed by atoms with Gasteiger partial charge < -0.3 is 23.4 Å². The van der Waals surface area contributed by atoms with Gasteiger partial charge in [-0.2, -0.15) is 0 Å². The molecular formula is C39H54O10Si. The first-order valence-electron chi connectivity index (χ1n) is 17.8. The van der Waals surface area contributed by atoms with Gasteiger partial charge in [0.2, 0.25) is 0 Å². The first kappa shape index (κ1) is 38.1. The maximum Gasteiger partial charge on any atom is 0.338 e. The number of carbonyl (C=O) groups is 5. The third kappa shape index (κ3) is 5.81. The summed E-state index contributed by atoms with van der Waals surface area (Å²) in [5, 5.41) is -0.245. The molecule has 50 heavy (non-hydrogen) atoms. The SMILES string of the molecule is CC(=O)O[C@H]1C(=O)[C@]2(C)[C@@H](O[Si](C)(C)C(C)(C)C(C)C)C[C@H]3OC[C@@]3(OC(C)=O)[C@H]2[C@H](OC(=O)c2ccccc2)C2=CC(=O)C(C)C1C2(C)C. The number of esters is 3. The average Bonchev–Trinajstić information content (AvgIpc) is 3.01. The van der Waals surface area contributed by atoms with Crippen LogP contribution in [0.25, 0.3) is 0 Å². The molecule has 0 spiro atoms. The molecule has 9 atom stereocenters. The van der Waals surface area contributed by atoms with E-state index in [1.54, 1.807) is 44.2 Å². The molecular weight excluding hydrogens is 657 g/mol. The first-order chi connectivity index (χ1) is 23.0. The molecule has 0 aromatic heterocycles. The van der Waals surface area contributed by atoms with Crippen LogP contribution >= 0.6 is 0 Å². The summed E-state index contributed by atoms with van der Waals surface area (Å²) in [7, 11) is -2.69. The van der Waals surface area contributed by atoms with Crippen LogP contribution < -0.4 is 0 Å². The molecule has 4 aliphatic rings. The van der Waals surface area contributed by atoms with Crippen LogP contribution in [0.5, 0.6) is 0 Å². The molecule has 1 aromatic carbocycles. The Hall–Kier alpha value is -3.15. The molecule has 1 aromatic rings. The summed E-state index contributed by atoms with van der Waals surface area (Å²) in [5.41, 5.74) is -3.22. The van der Waals surface area contributed by atoms with E-state index in [1.165, 1.54) is 19.9 Å². The van der Waals surface area contributed by atoms with E-state index in [9.17, 15) is 19.2 Å². The van der Waals surface area contributed by atoms with Crippen molar-refractivity contribution in [3.8, 4) is 0 Å². The van der Waals surface area contributed by atoms with Gasteiger partial charge in [0.1, 0.15) is 12.2 Å². The fraction of sp³-hybridized carbons (Fsp3) is 0.667. The molecule has 10 nitrogen and oxygen atoms in total. The van der Waals surface area contributed by atoms with Crippen LogP contribution in [0, 0.1) is 34.5 Å². The predicted molar refractivity (Wildman–Crippen MR) is 187 cm³/mol. The van der Waals surface area contributed by atoms with Crippen molar-refractivity contribution in [1.82, 2.24) is 0 Å². The fourth-order valence-corrected chi connectivity index (χ4v) is 11.9. The molecule has 2 saturated carbocycles. The third-order valence-corrected chi connectivity index (χ3v) is 17.8.